The van der Waals surface area contributed by atoms with Gasteiger partial charge in [0, 0.05) is 0 Å². The van der Waals surface area contributed by atoms with Gasteiger partial charge in [0.25, 0.3) is 0 Å². The van der Waals surface area contributed by atoms with Crippen LogP contribution in [0.3, 0.4) is 0 Å². The van der Waals surface area contributed by atoms with Crippen molar-refractivity contribution in [1.29, 1.82) is 0 Å². The number of aliphatic carboxylic acids is 2. The van der Waals surface area contributed by atoms with E-state index in [-0.39, 0.29) is 6.07 Å². The first-order chi connectivity index (χ1) is 11.2. The van der Waals surface area contributed by atoms with E-state index in [0.717, 1.165) is 0 Å². The topological polar surface area (TPSA) is 101 Å². The third-order valence-electron chi connectivity index (χ3n) is 3.33. The monoisotopic (exact) mass is 373 g/mol. The first kappa shape index (κ1) is 20.7. The third kappa shape index (κ3) is 5.93. The largest absolute Gasteiger partial charge is 0.481 e. The van der Waals surface area contributed by atoms with E-state index in [1.807, 2.05) is 0 Å². The molecule has 0 amide bonds. The Hall–Kier alpha value is -2.30. The second-order valence-corrected chi connectivity index (χ2v) is 5.33. The van der Waals surface area contributed by atoms with Gasteiger partial charge in [-0.3, -0.25) is 9.59 Å². The van der Waals surface area contributed by atoms with Crippen molar-refractivity contribution in [1.82, 2.24) is 0 Å². The van der Waals surface area contributed by atoms with Crippen molar-refractivity contribution in [3.05, 3.63) is 34.9 Å². The summed E-state index contributed by atoms with van der Waals surface area (Å²) in [6.07, 6.45) is -11.5. The van der Waals surface area contributed by atoms with Gasteiger partial charge < -0.3 is 15.9 Å². The van der Waals surface area contributed by atoms with Gasteiger partial charge in [0.2, 0.25) is 0 Å². The van der Waals surface area contributed by atoms with Crippen LogP contribution in [-0.4, -0.2) is 28.2 Å². The number of rotatable bonds is 6. The average molecular weight is 373 g/mol. The molecule has 1 aromatic rings. The Morgan fingerprint density at radius 1 is 0.920 bits per heavy atom. The molecule has 0 saturated heterocycles. The Morgan fingerprint density at radius 3 is 1.68 bits per heavy atom. The highest BCUT2D eigenvalue weighted by Gasteiger charge is 2.37. The predicted octanol–water partition coefficient (Wildman–Crippen LogP) is 2.77. The summed E-state index contributed by atoms with van der Waals surface area (Å²) in [4.78, 5) is 21.8. The first-order valence-corrected chi connectivity index (χ1v) is 6.71. The van der Waals surface area contributed by atoms with Crippen LogP contribution >= 0.6 is 0 Å². The molecule has 0 aliphatic rings. The summed E-state index contributed by atoms with van der Waals surface area (Å²) < 4.78 is 76.6. The molecule has 2 atom stereocenters. The second-order valence-electron chi connectivity index (χ2n) is 5.33. The minimum absolute atomic E-state index is 0.0811. The van der Waals surface area contributed by atoms with Gasteiger partial charge in [-0.2, -0.15) is 26.3 Å². The van der Waals surface area contributed by atoms with Crippen molar-refractivity contribution in [2.75, 3.05) is 0 Å². The minimum Gasteiger partial charge on any atom is -0.481 e. The van der Waals surface area contributed by atoms with Crippen LogP contribution < -0.4 is 5.73 Å². The van der Waals surface area contributed by atoms with Gasteiger partial charge in [0.15, 0.2) is 0 Å². The molecular formula is C14H13F6NO4. The lowest BCUT2D eigenvalue weighted by Gasteiger charge is -2.18. The van der Waals surface area contributed by atoms with Gasteiger partial charge >= 0.3 is 24.3 Å². The molecule has 1 aromatic carbocycles. The van der Waals surface area contributed by atoms with Crippen LogP contribution in [0.2, 0.25) is 0 Å². The van der Waals surface area contributed by atoms with Crippen molar-refractivity contribution in [3.63, 3.8) is 0 Å². The van der Waals surface area contributed by atoms with E-state index in [9.17, 15) is 35.9 Å². The number of hydrogen-bond donors (Lipinski definition) is 3. The molecule has 0 bridgehead atoms. The van der Waals surface area contributed by atoms with Gasteiger partial charge in [-0.15, -0.1) is 0 Å². The maximum atomic E-state index is 12.8. The molecule has 0 spiro atoms. The Labute approximate surface area is 137 Å². The zero-order valence-corrected chi connectivity index (χ0v) is 12.4. The Bertz CT molecular complexity index is 623. The van der Waals surface area contributed by atoms with Crippen LogP contribution in [0.5, 0.6) is 0 Å². The molecule has 5 nitrogen and oxygen atoms in total. The minimum atomic E-state index is -5.06. The second kappa shape index (κ2) is 7.30. The molecule has 0 saturated carbocycles. The summed E-state index contributed by atoms with van der Waals surface area (Å²) in [7, 11) is 0. The summed E-state index contributed by atoms with van der Waals surface area (Å²) in [5.41, 5.74) is 1.49. The molecule has 140 valence electrons. The highest BCUT2D eigenvalue weighted by atomic mass is 19.4. The number of halogens is 6. The number of alkyl halides is 6. The van der Waals surface area contributed by atoms with Crippen LogP contribution in [0, 0.1) is 5.92 Å². The fraction of sp³-hybridized carbons (Fsp3) is 0.429. The number of nitrogens with two attached hydrogens (primary N) is 1. The van der Waals surface area contributed by atoms with Gasteiger partial charge in [-0.25, -0.2) is 0 Å². The van der Waals surface area contributed by atoms with Crippen molar-refractivity contribution >= 4 is 11.9 Å². The van der Waals surface area contributed by atoms with Gasteiger partial charge in [-0.05, 0) is 36.6 Å². The summed E-state index contributed by atoms with van der Waals surface area (Å²) in [6.45, 7) is 0. The Morgan fingerprint density at radius 2 is 1.36 bits per heavy atom. The summed E-state index contributed by atoms with van der Waals surface area (Å²) >= 11 is 0. The van der Waals surface area contributed by atoms with Crippen LogP contribution in [0.1, 0.15) is 23.1 Å². The van der Waals surface area contributed by atoms with E-state index in [4.69, 9.17) is 15.9 Å². The Balaban J connectivity index is 3.25. The van der Waals surface area contributed by atoms with Crippen molar-refractivity contribution in [2.45, 2.75) is 31.2 Å². The number of carbonyl (C=O) groups is 2. The number of hydrogen-bond acceptors (Lipinski definition) is 3. The van der Waals surface area contributed by atoms with E-state index < -0.39 is 65.8 Å². The molecule has 0 fully saturated rings. The van der Waals surface area contributed by atoms with Crippen molar-refractivity contribution < 1.29 is 46.1 Å². The fourth-order valence-corrected chi connectivity index (χ4v) is 2.10. The van der Waals surface area contributed by atoms with E-state index in [1.165, 1.54) is 0 Å². The van der Waals surface area contributed by atoms with E-state index >= 15 is 0 Å². The van der Waals surface area contributed by atoms with Crippen molar-refractivity contribution in [3.8, 4) is 0 Å². The smallest absolute Gasteiger partial charge is 0.416 e. The molecule has 0 radical (unpaired) electrons. The summed E-state index contributed by atoms with van der Waals surface area (Å²) in [5, 5.41) is 17.7. The van der Waals surface area contributed by atoms with Crippen LogP contribution in [0.25, 0.3) is 0 Å². The van der Waals surface area contributed by atoms with Crippen LogP contribution in [-0.2, 0) is 28.4 Å². The van der Waals surface area contributed by atoms with Gasteiger partial charge in [0.1, 0.15) is 6.04 Å². The van der Waals surface area contributed by atoms with E-state index in [0.29, 0.717) is 12.1 Å². The lowest BCUT2D eigenvalue weighted by atomic mass is 9.91. The molecule has 1 rings (SSSR count). The molecule has 0 aromatic heterocycles. The maximum Gasteiger partial charge on any atom is 0.416 e. The maximum absolute atomic E-state index is 12.8. The molecule has 11 heteroatoms. The number of carboxylic acid groups (broad SMARTS) is 2. The van der Waals surface area contributed by atoms with E-state index in [2.05, 4.69) is 0 Å². The molecule has 0 aliphatic heterocycles. The SMILES string of the molecule is N[C@H](C[C@H](Cc1cc(C(F)(F)F)cc(C(F)(F)F)c1)C(=O)O)C(=O)O. The molecule has 0 unspecified atom stereocenters. The fourth-order valence-electron chi connectivity index (χ4n) is 2.10. The zero-order chi connectivity index (χ0) is 19.6. The van der Waals surface area contributed by atoms with Gasteiger partial charge in [0.05, 0.1) is 17.0 Å². The first-order valence-electron chi connectivity index (χ1n) is 6.71. The number of carboxylic acids is 2. The highest BCUT2D eigenvalue weighted by Crippen LogP contribution is 2.36. The molecule has 4 N–H and O–H groups in total. The zero-order valence-electron chi connectivity index (χ0n) is 12.4. The number of benzene rings is 1. The van der Waals surface area contributed by atoms with Crippen molar-refractivity contribution in [2.24, 2.45) is 11.7 Å². The van der Waals surface area contributed by atoms with Gasteiger partial charge in [-0.1, -0.05) is 0 Å². The standard InChI is InChI=1S/C14H13F6NO4/c15-13(16,17)8-2-6(3-9(5-8)14(18,19)20)1-7(11(22)23)4-10(21)12(24)25/h2-3,5,7,10H,1,4,21H2,(H,22,23)(H,24,25)/t7-,10+/m0/s1. The lowest BCUT2D eigenvalue weighted by Crippen LogP contribution is -2.35. The van der Waals surface area contributed by atoms with Crippen LogP contribution in [0.4, 0.5) is 26.3 Å². The highest BCUT2D eigenvalue weighted by molar-refractivity contribution is 5.76. The normalized spacial score (nSPS) is 14.8. The predicted molar refractivity (Wildman–Crippen MR) is 71.5 cm³/mol. The van der Waals surface area contributed by atoms with E-state index in [1.54, 1.807) is 0 Å². The quantitative estimate of drug-likeness (QED) is 0.666. The molecule has 0 aliphatic carbocycles. The Kier molecular flexibility index (Phi) is 6.05. The average Bonchev–Trinajstić information content (AvgIpc) is 2.44. The summed E-state index contributed by atoms with van der Waals surface area (Å²) in [5.74, 6) is -4.68. The summed E-state index contributed by atoms with van der Waals surface area (Å²) in [6, 6.07) is -0.897. The third-order valence-corrected chi connectivity index (χ3v) is 3.33. The molecule has 25 heavy (non-hydrogen) atoms. The van der Waals surface area contributed by atoms with Crippen LogP contribution in [0.15, 0.2) is 18.2 Å². The lowest BCUT2D eigenvalue weighted by molar-refractivity contribution is -0.144. The molecular weight excluding hydrogens is 360 g/mol. The molecule has 0 heterocycles.